The van der Waals surface area contributed by atoms with Crippen LogP contribution in [0, 0.1) is 10.1 Å². The number of nitro benzene ring substituents is 1. The van der Waals surface area contributed by atoms with Crippen LogP contribution in [-0.2, 0) is 9.47 Å². The fraction of sp³-hybridized carbons (Fsp3) is 0.364. The number of nitrogens with zero attached hydrogens (tertiary/aromatic N) is 1. The number of carbonyl (C=O) groups is 1. The first-order valence-corrected chi connectivity index (χ1v) is 5.20. The second-order valence-corrected chi connectivity index (χ2v) is 3.67. The number of carbonyl (C=O) groups excluding carboxylic acids is 1. The number of benzene rings is 1. The monoisotopic (exact) mass is 237 g/mol. The molecule has 1 aliphatic rings. The van der Waals surface area contributed by atoms with Crippen molar-refractivity contribution in [3.05, 3.63) is 39.9 Å². The van der Waals surface area contributed by atoms with Crippen molar-refractivity contribution in [2.75, 3.05) is 13.2 Å². The van der Waals surface area contributed by atoms with Gasteiger partial charge in [0.25, 0.3) is 5.69 Å². The number of para-hydroxylation sites is 1. The molecule has 1 aromatic carbocycles. The van der Waals surface area contributed by atoms with Gasteiger partial charge in [0.2, 0.25) is 0 Å². The SMILES string of the molecule is O=C(O[C@H]1CCOC1)c1ccccc1[N+](=O)[O-]. The van der Waals surface area contributed by atoms with Crippen LogP contribution in [0.3, 0.4) is 0 Å². The van der Waals surface area contributed by atoms with E-state index in [0.717, 1.165) is 0 Å². The van der Waals surface area contributed by atoms with Crippen LogP contribution in [0.25, 0.3) is 0 Å². The van der Waals surface area contributed by atoms with Gasteiger partial charge >= 0.3 is 5.97 Å². The highest BCUT2D eigenvalue weighted by molar-refractivity contribution is 5.93. The lowest BCUT2D eigenvalue weighted by Crippen LogP contribution is -2.18. The maximum absolute atomic E-state index is 11.7. The van der Waals surface area contributed by atoms with E-state index in [1.165, 1.54) is 18.2 Å². The van der Waals surface area contributed by atoms with Crippen molar-refractivity contribution in [1.82, 2.24) is 0 Å². The Bertz CT molecular complexity index is 439. The molecule has 6 nitrogen and oxygen atoms in total. The molecule has 0 bridgehead atoms. The predicted molar refractivity (Wildman–Crippen MR) is 57.7 cm³/mol. The topological polar surface area (TPSA) is 78.7 Å². The van der Waals surface area contributed by atoms with Crippen molar-refractivity contribution in [2.24, 2.45) is 0 Å². The summed E-state index contributed by atoms with van der Waals surface area (Å²) in [6.45, 7) is 0.904. The van der Waals surface area contributed by atoms with Gasteiger partial charge in [0.1, 0.15) is 11.7 Å². The van der Waals surface area contributed by atoms with E-state index in [9.17, 15) is 14.9 Å². The molecule has 1 aliphatic heterocycles. The molecule has 90 valence electrons. The molecule has 1 saturated heterocycles. The summed E-state index contributed by atoms with van der Waals surface area (Å²) < 4.78 is 10.2. The largest absolute Gasteiger partial charge is 0.456 e. The number of nitro groups is 1. The van der Waals surface area contributed by atoms with E-state index in [-0.39, 0.29) is 17.4 Å². The first kappa shape index (κ1) is 11.5. The van der Waals surface area contributed by atoms with Crippen LogP contribution in [-0.4, -0.2) is 30.2 Å². The van der Waals surface area contributed by atoms with Gasteiger partial charge in [-0.1, -0.05) is 12.1 Å². The van der Waals surface area contributed by atoms with Gasteiger partial charge in [-0.05, 0) is 6.07 Å². The molecule has 6 heteroatoms. The van der Waals surface area contributed by atoms with E-state index in [1.807, 2.05) is 0 Å². The number of hydrogen-bond donors (Lipinski definition) is 0. The molecular formula is C11H11NO5. The summed E-state index contributed by atoms with van der Waals surface area (Å²) in [6.07, 6.45) is 0.328. The van der Waals surface area contributed by atoms with Crippen molar-refractivity contribution in [3.63, 3.8) is 0 Å². The Morgan fingerprint density at radius 2 is 2.24 bits per heavy atom. The number of ether oxygens (including phenoxy) is 2. The molecule has 0 aromatic heterocycles. The molecule has 1 aromatic rings. The summed E-state index contributed by atoms with van der Waals surface area (Å²) in [7, 11) is 0. The van der Waals surface area contributed by atoms with E-state index in [1.54, 1.807) is 6.07 Å². The third-order valence-corrected chi connectivity index (χ3v) is 2.48. The van der Waals surface area contributed by atoms with E-state index in [4.69, 9.17) is 9.47 Å². The zero-order valence-electron chi connectivity index (χ0n) is 9.00. The van der Waals surface area contributed by atoms with E-state index in [0.29, 0.717) is 19.6 Å². The Morgan fingerprint density at radius 3 is 2.88 bits per heavy atom. The lowest BCUT2D eigenvalue weighted by molar-refractivity contribution is -0.385. The summed E-state index contributed by atoms with van der Waals surface area (Å²) in [5.41, 5.74) is -0.263. The third kappa shape index (κ3) is 2.59. The number of rotatable bonds is 3. The van der Waals surface area contributed by atoms with Crippen molar-refractivity contribution in [1.29, 1.82) is 0 Å². The van der Waals surface area contributed by atoms with Crippen LogP contribution in [0.1, 0.15) is 16.8 Å². The van der Waals surface area contributed by atoms with Crippen molar-refractivity contribution >= 4 is 11.7 Å². The van der Waals surface area contributed by atoms with Crippen LogP contribution >= 0.6 is 0 Å². The molecule has 0 radical (unpaired) electrons. The van der Waals surface area contributed by atoms with E-state index in [2.05, 4.69) is 0 Å². The minimum Gasteiger partial charge on any atom is -0.456 e. The maximum atomic E-state index is 11.7. The Labute approximate surface area is 97.3 Å². The average Bonchev–Trinajstić information content (AvgIpc) is 2.81. The predicted octanol–water partition coefficient (Wildman–Crippen LogP) is 1.54. The lowest BCUT2D eigenvalue weighted by Gasteiger charge is -2.09. The molecule has 1 fully saturated rings. The molecule has 1 heterocycles. The highest BCUT2D eigenvalue weighted by Crippen LogP contribution is 2.20. The van der Waals surface area contributed by atoms with Crippen LogP contribution in [0.4, 0.5) is 5.69 Å². The smallest absolute Gasteiger partial charge is 0.345 e. The van der Waals surface area contributed by atoms with Gasteiger partial charge < -0.3 is 9.47 Å². The van der Waals surface area contributed by atoms with Gasteiger partial charge in [0.05, 0.1) is 18.1 Å². The molecular weight excluding hydrogens is 226 g/mol. The van der Waals surface area contributed by atoms with E-state index < -0.39 is 10.9 Å². The molecule has 17 heavy (non-hydrogen) atoms. The van der Waals surface area contributed by atoms with Crippen LogP contribution in [0.5, 0.6) is 0 Å². The molecule has 0 spiro atoms. The number of hydrogen-bond acceptors (Lipinski definition) is 5. The normalized spacial score (nSPS) is 18.9. The second kappa shape index (κ2) is 4.92. The zero-order valence-corrected chi connectivity index (χ0v) is 9.00. The highest BCUT2D eigenvalue weighted by Gasteiger charge is 2.25. The zero-order chi connectivity index (χ0) is 12.3. The van der Waals surface area contributed by atoms with Gasteiger partial charge in [-0.15, -0.1) is 0 Å². The fourth-order valence-corrected chi connectivity index (χ4v) is 1.63. The van der Waals surface area contributed by atoms with Crippen LogP contribution < -0.4 is 0 Å². The second-order valence-electron chi connectivity index (χ2n) is 3.67. The van der Waals surface area contributed by atoms with Crippen molar-refractivity contribution in [2.45, 2.75) is 12.5 Å². The standard InChI is InChI=1S/C11H11NO5/c13-11(17-8-5-6-16-7-8)9-3-1-2-4-10(9)12(14)15/h1-4,8H,5-7H2/t8-/m0/s1. The summed E-state index contributed by atoms with van der Waals surface area (Å²) in [5.74, 6) is -0.673. The molecule has 0 N–H and O–H groups in total. The number of esters is 1. The quantitative estimate of drug-likeness (QED) is 0.452. The molecule has 2 rings (SSSR count). The fourth-order valence-electron chi connectivity index (χ4n) is 1.63. The van der Waals surface area contributed by atoms with Gasteiger partial charge in [0, 0.05) is 12.5 Å². The average molecular weight is 237 g/mol. The van der Waals surface area contributed by atoms with Gasteiger partial charge in [-0.3, -0.25) is 10.1 Å². The maximum Gasteiger partial charge on any atom is 0.345 e. The first-order chi connectivity index (χ1) is 8.18. The van der Waals surface area contributed by atoms with Crippen LogP contribution in [0.15, 0.2) is 24.3 Å². The van der Waals surface area contributed by atoms with Gasteiger partial charge in [0.15, 0.2) is 0 Å². The summed E-state index contributed by atoms with van der Waals surface area (Å²) in [5, 5.41) is 10.7. The van der Waals surface area contributed by atoms with Crippen LogP contribution in [0.2, 0.25) is 0 Å². The first-order valence-electron chi connectivity index (χ1n) is 5.20. The highest BCUT2D eigenvalue weighted by atomic mass is 16.6. The van der Waals surface area contributed by atoms with Gasteiger partial charge in [-0.2, -0.15) is 0 Å². The van der Waals surface area contributed by atoms with Crippen molar-refractivity contribution < 1.29 is 19.2 Å². The molecule has 0 saturated carbocycles. The Hall–Kier alpha value is -1.95. The lowest BCUT2D eigenvalue weighted by atomic mass is 10.2. The Kier molecular flexibility index (Phi) is 3.34. The molecule has 0 aliphatic carbocycles. The summed E-state index contributed by atoms with van der Waals surface area (Å²) in [6, 6.07) is 5.74. The summed E-state index contributed by atoms with van der Waals surface area (Å²) in [4.78, 5) is 21.9. The molecule has 0 unspecified atom stereocenters. The Morgan fingerprint density at radius 1 is 1.47 bits per heavy atom. The molecule has 0 amide bonds. The van der Waals surface area contributed by atoms with E-state index >= 15 is 0 Å². The third-order valence-electron chi connectivity index (χ3n) is 2.48. The Balaban J connectivity index is 2.15. The minimum absolute atomic E-state index is 0.0237. The van der Waals surface area contributed by atoms with Crippen molar-refractivity contribution in [3.8, 4) is 0 Å². The summed E-state index contributed by atoms with van der Waals surface area (Å²) >= 11 is 0. The molecule has 1 atom stereocenters. The minimum atomic E-state index is -0.673. The van der Waals surface area contributed by atoms with Gasteiger partial charge in [-0.25, -0.2) is 4.79 Å².